The highest BCUT2D eigenvalue weighted by Gasteiger charge is 2.30. The van der Waals surface area contributed by atoms with Crippen LogP contribution >= 0.6 is 50.5 Å². The summed E-state index contributed by atoms with van der Waals surface area (Å²) in [4.78, 5) is 26.3. The van der Waals surface area contributed by atoms with Crippen LogP contribution in [0.4, 0.5) is 4.79 Å². The van der Waals surface area contributed by atoms with Gasteiger partial charge in [0.2, 0.25) is 0 Å². The summed E-state index contributed by atoms with van der Waals surface area (Å²) in [6, 6.07) is 6.39. The maximum Gasteiger partial charge on any atom is 0.407 e. The number of carboxylic acid groups (broad SMARTS) is 1. The van der Waals surface area contributed by atoms with Crippen LogP contribution in [0.3, 0.4) is 0 Å². The average molecular weight is 508 g/mol. The normalized spacial score (nSPS) is 12.5. The number of halogens is 3. The van der Waals surface area contributed by atoms with Gasteiger partial charge < -0.3 is 15.3 Å². The molecule has 2 N–H and O–H groups in total. The van der Waals surface area contributed by atoms with E-state index in [9.17, 15) is 14.7 Å². The number of carbonyl (C=O) groups excluding carboxylic acids is 1. The Morgan fingerprint density at radius 1 is 1.29 bits per heavy atom. The smallest absolute Gasteiger partial charge is 0.407 e. The van der Waals surface area contributed by atoms with E-state index in [0.717, 1.165) is 10.0 Å². The second-order valence-corrected chi connectivity index (χ2v) is 9.97. The Balaban J connectivity index is 2.28. The van der Waals surface area contributed by atoms with Crippen molar-refractivity contribution in [3.63, 3.8) is 0 Å². The Kier molecular flexibility index (Phi) is 7.79. The van der Waals surface area contributed by atoms with Gasteiger partial charge in [0.05, 0.1) is 10.9 Å². The zero-order chi connectivity index (χ0) is 21.1. The third-order valence-corrected chi connectivity index (χ3v) is 6.33. The van der Waals surface area contributed by atoms with Crippen molar-refractivity contribution in [1.29, 1.82) is 0 Å². The molecule has 1 aromatic carbocycles. The van der Waals surface area contributed by atoms with Gasteiger partial charge in [0.25, 0.3) is 5.91 Å². The summed E-state index contributed by atoms with van der Waals surface area (Å²) < 4.78 is 0.821. The van der Waals surface area contributed by atoms with Crippen LogP contribution in [-0.4, -0.2) is 40.1 Å². The van der Waals surface area contributed by atoms with E-state index >= 15 is 0 Å². The minimum Gasteiger partial charge on any atom is -0.465 e. The summed E-state index contributed by atoms with van der Waals surface area (Å²) >= 11 is 16.9. The molecule has 0 fully saturated rings. The van der Waals surface area contributed by atoms with Crippen molar-refractivity contribution in [2.45, 2.75) is 38.8 Å². The van der Waals surface area contributed by atoms with Crippen molar-refractivity contribution in [2.75, 3.05) is 6.54 Å². The maximum atomic E-state index is 12.7. The van der Waals surface area contributed by atoms with E-state index in [1.807, 2.05) is 26.2 Å². The predicted molar refractivity (Wildman–Crippen MR) is 118 cm³/mol. The van der Waals surface area contributed by atoms with Gasteiger partial charge in [0.1, 0.15) is 0 Å². The number of hydrogen-bond acceptors (Lipinski definition) is 3. The molecule has 0 bridgehead atoms. The first-order chi connectivity index (χ1) is 13.0. The number of nitrogens with zero attached hydrogens (tertiary/aromatic N) is 1. The van der Waals surface area contributed by atoms with Gasteiger partial charge in [0, 0.05) is 32.0 Å². The molecule has 0 radical (unpaired) electrons. The van der Waals surface area contributed by atoms with E-state index in [-0.39, 0.29) is 12.5 Å². The molecule has 152 valence electrons. The summed E-state index contributed by atoms with van der Waals surface area (Å²) in [6.45, 7) is 5.55. The summed E-state index contributed by atoms with van der Waals surface area (Å²) in [5.74, 6) is -0.259. The molecule has 0 aliphatic heterocycles. The number of carbonyl (C=O) groups is 2. The van der Waals surface area contributed by atoms with E-state index in [4.69, 9.17) is 23.2 Å². The molecule has 9 heteroatoms. The highest BCUT2D eigenvalue weighted by atomic mass is 79.9. The van der Waals surface area contributed by atoms with Gasteiger partial charge in [-0.3, -0.25) is 4.79 Å². The van der Waals surface area contributed by atoms with E-state index in [1.165, 1.54) is 16.2 Å². The lowest BCUT2D eigenvalue weighted by Gasteiger charge is -2.36. The molecule has 2 aromatic rings. The van der Waals surface area contributed by atoms with Gasteiger partial charge in [-0.2, -0.15) is 0 Å². The number of benzene rings is 1. The largest absolute Gasteiger partial charge is 0.465 e. The first kappa shape index (κ1) is 23.0. The Morgan fingerprint density at radius 2 is 1.96 bits per heavy atom. The zero-order valence-corrected chi connectivity index (χ0v) is 19.5. The lowest BCUT2D eigenvalue weighted by atomic mass is 10.0. The van der Waals surface area contributed by atoms with Gasteiger partial charge in [-0.1, -0.05) is 29.3 Å². The maximum absolute atomic E-state index is 12.7. The number of thiophene rings is 1. The first-order valence-corrected chi connectivity index (χ1v) is 10.9. The van der Waals surface area contributed by atoms with Crippen molar-refractivity contribution >= 4 is 62.5 Å². The summed E-state index contributed by atoms with van der Waals surface area (Å²) in [5.41, 5.74) is 0.160. The number of amides is 2. The molecule has 0 aliphatic rings. The van der Waals surface area contributed by atoms with Gasteiger partial charge in [-0.05, 0) is 66.9 Å². The molecule has 0 spiro atoms. The summed E-state index contributed by atoms with van der Waals surface area (Å²) in [5, 5.41) is 15.4. The monoisotopic (exact) mass is 506 g/mol. The van der Waals surface area contributed by atoms with Crippen molar-refractivity contribution in [1.82, 2.24) is 10.2 Å². The lowest BCUT2D eigenvalue weighted by Crippen LogP contribution is -2.53. The molecule has 0 aliphatic carbocycles. The third-order valence-electron chi connectivity index (χ3n) is 4.05. The minimum absolute atomic E-state index is 0.121. The summed E-state index contributed by atoms with van der Waals surface area (Å²) in [7, 11) is 0. The quantitative estimate of drug-likeness (QED) is 0.508. The number of hydrogen-bond donors (Lipinski definition) is 2. The zero-order valence-electron chi connectivity index (χ0n) is 15.6. The topological polar surface area (TPSA) is 69.6 Å². The molecule has 1 aromatic heterocycles. The van der Waals surface area contributed by atoms with E-state index in [0.29, 0.717) is 21.3 Å². The molecule has 5 nitrogen and oxygen atoms in total. The van der Waals surface area contributed by atoms with E-state index in [1.54, 1.807) is 24.3 Å². The van der Waals surface area contributed by atoms with Crippen LogP contribution in [0.5, 0.6) is 0 Å². The van der Waals surface area contributed by atoms with Crippen LogP contribution < -0.4 is 5.32 Å². The Hall–Kier alpha value is -1.28. The molecule has 2 rings (SSSR count). The van der Waals surface area contributed by atoms with Crippen molar-refractivity contribution < 1.29 is 14.7 Å². The van der Waals surface area contributed by atoms with Crippen molar-refractivity contribution in [2.24, 2.45) is 0 Å². The van der Waals surface area contributed by atoms with Crippen molar-refractivity contribution in [3.05, 3.63) is 54.6 Å². The third kappa shape index (κ3) is 6.37. The minimum atomic E-state index is -1.05. The van der Waals surface area contributed by atoms with Crippen LogP contribution in [-0.2, 0) is 6.42 Å². The second-order valence-electron chi connectivity index (χ2n) is 7.30. The van der Waals surface area contributed by atoms with E-state index < -0.39 is 17.7 Å². The van der Waals surface area contributed by atoms with Crippen molar-refractivity contribution in [3.8, 4) is 0 Å². The SMILES string of the molecule is CC(C)(C)N(C[C@@H](Cc1ccc(Cl)cc1Cl)NC(=O)c1cc(Br)cs1)C(=O)O. The molecule has 2 amide bonds. The van der Waals surface area contributed by atoms with Crippen LogP contribution in [0.15, 0.2) is 34.1 Å². The fraction of sp³-hybridized carbons (Fsp3) is 0.368. The van der Waals surface area contributed by atoms with Gasteiger partial charge in [0.15, 0.2) is 0 Å². The molecule has 1 atom stereocenters. The second kappa shape index (κ2) is 9.48. The highest BCUT2D eigenvalue weighted by molar-refractivity contribution is 9.10. The molecular weight excluding hydrogens is 487 g/mol. The Morgan fingerprint density at radius 3 is 2.46 bits per heavy atom. The van der Waals surface area contributed by atoms with Crippen LogP contribution in [0, 0.1) is 0 Å². The van der Waals surface area contributed by atoms with Crippen LogP contribution in [0.25, 0.3) is 0 Å². The lowest BCUT2D eigenvalue weighted by molar-refractivity contribution is 0.0824. The molecular formula is C19H21BrCl2N2O3S. The average Bonchev–Trinajstić information content (AvgIpc) is 3.00. The van der Waals surface area contributed by atoms with Crippen LogP contribution in [0.2, 0.25) is 10.0 Å². The van der Waals surface area contributed by atoms with Gasteiger partial charge in [-0.25, -0.2) is 4.79 Å². The molecule has 28 heavy (non-hydrogen) atoms. The standard InChI is InChI=1S/C19H21BrCl2N2O3S/c1-19(2,3)24(18(26)27)9-14(6-11-4-5-13(21)8-15(11)22)23-17(25)16-7-12(20)10-28-16/h4-5,7-8,10,14H,6,9H2,1-3H3,(H,23,25)(H,26,27)/t14-/m1/s1. The number of rotatable bonds is 6. The molecule has 0 saturated heterocycles. The predicted octanol–water partition coefficient (Wildman–Crippen LogP) is 5.94. The number of nitrogens with one attached hydrogen (secondary N) is 1. The Bertz CT molecular complexity index is 867. The Labute approximate surface area is 186 Å². The van der Waals surface area contributed by atoms with E-state index in [2.05, 4.69) is 21.2 Å². The first-order valence-electron chi connectivity index (χ1n) is 8.46. The van der Waals surface area contributed by atoms with Gasteiger partial charge >= 0.3 is 6.09 Å². The fourth-order valence-electron chi connectivity index (χ4n) is 2.66. The van der Waals surface area contributed by atoms with Gasteiger partial charge in [-0.15, -0.1) is 11.3 Å². The molecule has 1 heterocycles. The summed E-state index contributed by atoms with van der Waals surface area (Å²) in [6.07, 6.45) is -0.679. The van der Waals surface area contributed by atoms with Crippen LogP contribution in [0.1, 0.15) is 36.0 Å². The fourth-order valence-corrected chi connectivity index (χ4v) is 4.48. The molecule has 0 unspecified atom stereocenters. The highest BCUT2D eigenvalue weighted by Crippen LogP contribution is 2.24. The molecule has 0 saturated carbocycles.